The highest BCUT2D eigenvalue weighted by Gasteiger charge is 2.46. The minimum atomic E-state index is -0.401. The fourth-order valence-electron chi connectivity index (χ4n) is 2.89. The average molecular weight is 313 g/mol. The molecule has 0 aromatic heterocycles. The number of halogens is 2. The lowest BCUT2D eigenvalue weighted by Crippen LogP contribution is -2.41. The number of rotatable bonds is 0. The van der Waals surface area contributed by atoms with E-state index >= 15 is 0 Å². The molecule has 2 atom stereocenters. The predicted molar refractivity (Wildman–Crippen MR) is 72.1 cm³/mol. The van der Waals surface area contributed by atoms with Crippen LogP contribution < -0.4 is 10.6 Å². The zero-order chi connectivity index (χ0) is 12.9. The summed E-state index contributed by atoms with van der Waals surface area (Å²) in [6.07, 6.45) is 2.84. The van der Waals surface area contributed by atoms with E-state index in [1.165, 1.54) is 6.07 Å². The van der Waals surface area contributed by atoms with Crippen molar-refractivity contribution in [3.05, 3.63) is 22.4 Å². The molecule has 0 saturated heterocycles. The number of nitrogens with one attached hydrogen (secondary N) is 2. The van der Waals surface area contributed by atoms with Crippen LogP contribution in [0.25, 0.3) is 0 Å². The molecule has 2 N–H and O–H groups in total. The van der Waals surface area contributed by atoms with Crippen LogP contribution in [0.5, 0.6) is 0 Å². The number of fused-ring (bicyclic) bond motifs is 2. The maximum absolute atomic E-state index is 13.6. The molecule has 3 nitrogen and oxygen atoms in total. The molecule has 2 unspecified atom stereocenters. The molecule has 1 aliphatic heterocycles. The Balaban J connectivity index is 2.08. The Hall–Kier alpha value is -1.10. The second-order valence-electron chi connectivity index (χ2n) is 5.27. The third-order valence-corrected chi connectivity index (χ3v) is 4.72. The Morgan fingerprint density at radius 2 is 2.22 bits per heavy atom. The third kappa shape index (κ3) is 1.64. The molecule has 0 spiro atoms. The number of hydrogen-bond acceptors (Lipinski definition) is 2. The van der Waals surface area contributed by atoms with Gasteiger partial charge in [-0.25, -0.2) is 4.39 Å². The van der Waals surface area contributed by atoms with Gasteiger partial charge in [-0.2, -0.15) is 0 Å². The van der Waals surface area contributed by atoms with Crippen LogP contribution in [-0.2, 0) is 4.79 Å². The van der Waals surface area contributed by atoms with E-state index in [2.05, 4.69) is 26.6 Å². The van der Waals surface area contributed by atoms with Crippen molar-refractivity contribution in [3.63, 3.8) is 0 Å². The number of carbonyl (C=O) groups is 1. The van der Waals surface area contributed by atoms with E-state index in [1.54, 1.807) is 6.07 Å². The Bertz CT molecular complexity index is 534. The van der Waals surface area contributed by atoms with Crippen molar-refractivity contribution in [3.8, 4) is 0 Å². The van der Waals surface area contributed by atoms with E-state index in [-0.39, 0.29) is 17.8 Å². The van der Waals surface area contributed by atoms with Gasteiger partial charge in [0.05, 0.1) is 21.3 Å². The monoisotopic (exact) mass is 312 g/mol. The summed E-state index contributed by atoms with van der Waals surface area (Å²) in [5, 5.41) is 6.22. The normalized spacial score (nSPS) is 29.9. The lowest BCUT2D eigenvalue weighted by Gasteiger charge is -2.27. The topological polar surface area (TPSA) is 41.1 Å². The molecule has 1 fully saturated rings. The molecule has 1 amide bonds. The highest BCUT2D eigenvalue weighted by atomic mass is 79.9. The molecule has 0 bridgehead atoms. The van der Waals surface area contributed by atoms with Crippen molar-refractivity contribution in [2.75, 3.05) is 10.6 Å². The van der Waals surface area contributed by atoms with E-state index < -0.39 is 5.41 Å². The fraction of sp³-hybridized carbons (Fsp3) is 0.462. The minimum absolute atomic E-state index is 0.0229. The van der Waals surface area contributed by atoms with Gasteiger partial charge in [0.25, 0.3) is 0 Å². The number of benzene rings is 1. The molecule has 18 heavy (non-hydrogen) atoms. The van der Waals surface area contributed by atoms with Crippen molar-refractivity contribution in [2.24, 2.45) is 5.41 Å². The molecule has 96 valence electrons. The summed E-state index contributed by atoms with van der Waals surface area (Å²) in [4.78, 5) is 12.3. The summed E-state index contributed by atoms with van der Waals surface area (Å²) in [7, 11) is 0. The first-order valence-corrected chi connectivity index (χ1v) is 6.87. The molecule has 3 rings (SSSR count). The Kier molecular flexibility index (Phi) is 2.62. The van der Waals surface area contributed by atoms with Gasteiger partial charge in [0.2, 0.25) is 5.91 Å². The van der Waals surface area contributed by atoms with Crippen LogP contribution in [0, 0.1) is 11.2 Å². The second kappa shape index (κ2) is 3.95. The number of anilines is 2. The van der Waals surface area contributed by atoms with Gasteiger partial charge < -0.3 is 10.6 Å². The van der Waals surface area contributed by atoms with Gasteiger partial charge in [-0.3, -0.25) is 4.79 Å². The highest BCUT2D eigenvalue weighted by molar-refractivity contribution is 9.10. The first-order valence-electron chi connectivity index (χ1n) is 6.08. The van der Waals surface area contributed by atoms with Crippen LogP contribution in [0.2, 0.25) is 0 Å². The Morgan fingerprint density at radius 3 is 3.00 bits per heavy atom. The zero-order valence-electron chi connectivity index (χ0n) is 10.0. The van der Waals surface area contributed by atoms with Crippen molar-refractivity contribution in [2.45, 2.75) is 32.2 Å². The van der Waals surface area contributed by atoms with Gasteiger partial charge in [-0.1, -0.05) is 6.42 Å². The largest absolute Gasteiger partial charge is 0.379 e. The van der Waals surface area contributed by atoms with Crippen LogP contribution >= 0.6 is 15.9 Å². The summed E-state index contributed by atoms with van der Waals surface area (Å²) in [6.45, 7) is 1.98. The van der Waals surface area contributed by atoms with E-state index in [4.69, 9.17) is 0 Å². The smallest absolute Gasteiger partial charge is 0.232 e. The molecule has 2 aliphatic rings. The van der Waals surface area contributed by atoms with E-state index in [9.17, 15) is 9.18 Å². The van der Waals surface area contributed by atoms with Crippen molar-refractivity contribution in [1.82, 2.24) is 0 Å². The lowest BCUT2D eigenvalue weighted by molar-refractivity contribution is -0.124. The van der Waals surface area contributed by atoms with E-state index in [1.807, 2.05) is 6.92 Å². The third-order valence-electron chi connectivity index (χ3n) is 4.12. The fourth-order valence-corrected chi connectivity index (χ4v) is 3.24. The standard InChI is InChI=1S/C13H14BrFN2O/c1-13-4-2-3-11(13)16-10-6-8(15)7(14)5-9(10)17-12(13)18/h5-6,11,16H,2-4H2,1H3,(H,17,18). The Morgan fingerprint density at radius 1 is 1.44 bits per heavy atom. The van der Waals surface area contributed by atoms with Gasteiger partial charge in [0.1, 0.15) is 5.82 Å². The van der Waals surface area contributed by atoms with E-state index in [0.717, 1.165) is 19.3 Å². The Labute approximate surface area is 113 Å². The summed E-state index contributed by atoms with van der Waals surface area (Å²) in [6, 6.07) is 3.13. The molecule has 1 heterocycles. The molecule has 0 radical (unpaired) electrons. The summed E-state index contributed by atoms with van der Waals surface area (Å²) >= 11 is 3.14. The number of carbonyl (C=O) groups excluding carboxylic acids is 1. The van der Waals surface area contributed by atoms with Crippen LogP contribution in [0.15, 0.2) is 16.6 Å². The molecule has 1 aromatic rings. The quantitative estimate of drug-likeness (QED) is 0.769. The van der Waals surface area contributed by atoms with Gasteiger partial charge in [-0.15, -0.1) is 0 Å². The van der Waals surface area contributed by atoms with Crippen LogP contribution in [0.4, 0.5) is 15.8 Å². The van der Waals surface area contributed by atoms with Crippen molar-refractivity contribution < 1.29 is 9.18 Å². The minimum Gasteiger partial charge on any atom is -0.379 e. The van der Waals surface area contributed by atoms with Gasteiger partial charge >= 0.3 is 0 Å². The highest BCUT2D eigenvalue weighted by Crippen LogP contribution is 2.44. The average Bonchev–Trinajstić information content (AvgIpc) is 2.64. The van der Waals surface area contributed by atoms with Crippen molar-refractivity contribution >= 4 is 33.2 Å². The molecule has 1 saturated carbocycles. The van der Waals surface area contributed by atoms with Gasteiger partial charge in [0.15, 0.2) is 0 Å². The van der Waals surface area contributed by atoms with Crippen LogP contribution in [0.3, 0.4) is 0 Å². The molecule has 1 aromatic carbocycles. The lowest BCUT2D eigenvalue weighted by atomic mass is 9.84. The second-order valence-corrected chi connectivity index (χ2v) is 6.13. The predicted octanol–water partition coefficient (Wildman–Crippen LogP) is 3.51. The maximum atomic E-state index is 13.6. The summed E-state index contributed by atoms with van der Waals surface area (Å²) < 4.78 is 13.9. The van der Waals surface area contributed by atoms with E-state index in [0.29, 0.717) is 15.8 Å². The molecular formula is C13H14BrFN2O. The summed E-state index contributed by atoms with van der Waals surface area (Å²) in [5.41, 5.74) is 0.908. The molecule has 1 aliphatic carbocycles. The van der Waals surface area contributed by atoms with Gasteiger partial charge in [0, 0.05) is 12.1 Å². The first-order chi connectivity index (χ1) is 8.50. The maximum Gasteiger partial charge on any atom is 0.232 e. The zero-order valence-corrected chi connectivity index (χ0v) is 11.6. The first kappa shape index (κ1) is 12.0. The molecular weight excluding hydrogens is 299 g/mol. The number of amides is 1. The number of hydrogen-bond donors (Lipinski definition) is 2. The van der Waals surface area contributed by atoms with Crippen molar-refractivity contribution in [1.29, 1.82) is 0 Å². The molecule has 5 heteroatoms. The summed E-state index contributed by atoms with van der Waals surface area (Å²) in [5.74, 6) is -0.299. The SMILES string of the molecule is CC12CCCC1Nc1cc(F)c(Br)cc1NC2=O. The van der Waals surface area contributed by atoms with Crippen LogP contribution in [-0.4, -0.2) is 11.9 Å². The van der Waals surface area contributed by atoms with Gasteiger partial charge in [-0.05, 0) is 41.8 Å². The van der Waals surface area contributed by atoms with Crippen LogP contribution in [0.1, 0.15) is 26.2 Å².